The van der Waals surface area contributed by atoms with Crippen LogP contribution in [0, 0.1) is 12.7 Å². The second-order valence-electron chi connectivity index (χ2n) is 7.22. The van der Waals surface area contributed by atoms with Crippen molar-refractivity contribution < 1.29 is 4.39 Å². The second-order valence-corrected chi connectivity index (χ2v) is 8.18. The van der Waals surface area contributed by atoms with Gasteiger partial charge in [0.25, 0.3) is 5.56 Å². The molecule has 5 rings (SSSR count). The molecule has 152 valence electrons. The summed E-state index contributed by atoms with van der Waals surface area (Å²) in [7, 11) is 0. The van der Waals surface area contributed by atoms with Gasteiger partial charge in [-0.25, -0.2) is 9.37 Å². The summed E-state index contributed by atoms with van der Waals surface area (Å²) < 4.78 is 14.9. The Bertz CT molecular complexity index is 1480. The van der Waals surface area contributed by atoms with Gasteiger partial charge in [0.15, 0.2) is 0 Å². The number of nitrogens with zero attached hydrogens (tertiary/aromatic N) is 4. The highest BCUT2D eigenvalue weighted by Crippen LogP contribution is 2.32. The first-order valence-corrected chi connectivity index (χ1v) is 10.7. The van der Waals surface area contributed by atoms with Crippen LogP contribution in [0.15, 0.2) is 82.7 Å². The van der Waals surface area contributed by atoms with E-state index in [1.165, 1.54) is 23.9 Å². The fraction of sp³-hybridized carbons (Fsp3) is 0.0833. The van der Waals surface area contributed by atoms with Gasteiger partial charge in [-0.1, -0.05) is 42.1 Å². The van der Waals surface area contributed by atoms with Crippen molar-refractivity contribution in [3.8, 4) is 11.3 Å². The fourth-order valence-corrected chi connectivity index (χ4v) is 4.35. The molecule has 0 fully saturated rings. The molecule has 0 aliphatic rings. The van der Waals surface area contributed by atoms with Crippen LogP contribution in [-0.2, 0) is 5.75 Å². The number of rotatable bonds is 4. The Labute approximate surface area is 181 Å². The maximum absolute atomic E-state index is 13.3. The smallest absolute Gasteiger partial charge is 0.258 e. The third kappa shape index (κ3) is 3.80. The molecule has 0 amide bonds. The summed E-state index contributed by atoms with van der Waals surface area (Å²) >= 11 is 1.49. The Morgan fingerprint density at radius 3 is 2.55 bits per heavy atom. The number of thioether (sulfide) groups is 1. The number of halogens is 1. The van der Waals surface area contributed by atoms with Gasteiger partial charge in [0, 0.05) is 34.4 Å². The van der Waals surface area contributed by atoms with Gasteiger partial charge in [0.05, 0.1) is 5.69 Å². The number of hydrogen-bond acceptors (Lipinski definition) is 5. The number of benzene rings is 2. The number of hydrogen-bond donors (Lipinski definition) is 0. The first-order valence-electron chi connectivity index (χ1n) is 9.71. The standard InChI is InChI=1S/C24H17FN4OS/c1-15-6-11-21-26-18(12-22(30)29(21)13-15)14-31-24-20-5-3-2-4-19(20)23(27-28-24)16-7-9-17(25)10-8-16/h2-13H,14H2,1H3. The molecular formula is C24H17FN4OS. The minimum absolute atomic E-state index is 0.105. The molecule has 0 N–H and O–H groups in total. The Morgan fingerprint density at radius 2 is 1.74 bits per heavy atom. The fourth-order valence-electron chi connectivity index (χ4n) is 3.48. The number of aromatic nitrogens is 4. The third-order valence-corrected chi connectivity index (χ3v) is 6.00. The van der Waals surface area contributed by atoms with E-state index in [0.29, 0.717) is 22.8 Å². The summed E-state index contributed by atoms with van der Waals surface area (Å²) in [6, 6.07) is 19.4. The summed E-state index contributed by atoms with van der Waals surface area (Å²) in [5.74, 6) is 0.205. The molecule has 0 saturated carbocycles. The van der Waals surface area contributed by atoms with Gasteiger partial charge >= 0.3 is 0 Å². The molecule has 5 nitrogen and oxygen atoms in total. The molecule has 0 unspecified atom stereocenters. The minimum Gasteiger partial charge on any atom is -0.269 e. The van der Waals surface area contributed by atoms with Gasteiger partial charge in [-0.15, -0.1) is 10.2 Å². The van der Waals surface area contributed by atoms with Gasteiger partial charge < -0.3 is 0 Å². The highest BCUT2D eigenvalue weighted by Gasteiger charge is 2.12. The zero-order chi connectivity index (χ0) is 21.4. The monoisotopic (exact) mass is 428 g/mol. The molecule has 0 saturated heterocycles. The Balaban J connectivity index is 1.50. The lowest BCUT2D eigenvalue weighted by molar-refractivity contribution is 0.628. The molecule has 0 radical (unpaired) electrons. The van der Waals surface area contributed by atoms with E-state index >= 15 is 0 Å². The van der Waals surface area contributed by atoms with E-state index in [1.54, 1.807) is 28.8 Å². The molecule has 3 aromatic heterocycles. The van der Waals surface area contributed by atoms with Gasteiger partial charge in [-0.2, -0.15) is 0 Å². The molecule has 0 aliphatic carbocycles. The predicted octanol–water partition coefficient (Wildman–Crippen LogP) is 5.04. The summed E-state index contributed by atoms with van der Waals surface area (Å²) in [5, 5.41) is 11.5. The molecule has 0 atom stereocenters. The summed E-state index contributed by atoms with van der Waals surface area (Å²) in [5.41, 5.74) is 3.72. The summed E-state index contributed by atoms with van der Waals surface area (Å²) in [4.78, 5) is 17.1. The lowest BCUT2D eigenvalue weighted by Gasteiger charge is -2.09. The zero-order valence-corrected chi connectivity index (χ0v) is 17.4. The van der Waals surface area contributed by atoms with Crippen molar-refractivity contribution in [3.05, 3.63) is 100 Å². The Kier molecular flexibility index (Phi) is 4.95. The number of aryl methyl sites for hydroxylation is 1. The lowest BCUT2D eigenvalue weighted by Crippen LogP contribution is -2.15. The molecule has 5 aromatic rings. The highest BCUT2D eigenvalue weighted by molar-refractivity contribution is 7.98. The van der Waals surface area contributed by atoms with Crippen LogP contribution < -0.4 is 5.56 Å². The summed E-state index contributed by atoms with van der Waals surface area (Å²) in [6.45, 7) is 1.94. The van der Waals surface area contributed by atoms with Crippen molar-refractivity contribution in [1.29, 1.82) is 0 Å². The molecule has 2 aromatic carbocycles. The van der Waals surface area contributed by atoms with Crippen LogP contribution in [0.3, 0.4) is 0 Å². The van der Waals surface area contributed by atoms with E-state index in [9.17, 15) is 9.18 Å². The highest BCUT2D eigenvalue weighted by atomic mass is 32.2. The van der Waals surface area contributed by atoms with Gasteiger partial charge in [0.2, 0.25) is 0 Å². The molecule has 7 heteroatoms. The quantitative estimate of drug-likeness (QED) is 0.375. The Hall–Kier alpha value is -3.58. The van der Waals surface area contributed by atoms with Crippen molar-refractivity contribution >= 4 is 28.2 Å². The van der Waals surface area contributed by atoms with Crippen LogP contribution in [0.2, 0.25) is 0 Å². The van der Waals surface area contributed by atoms with E-state index in [-0.39, 0.29) is 11.4 Å². The first kappa shape index (κ1) is 19.4. The van der Waals surface area contributed by atoms with Crippen LogP contribution in [-0.4, -0.2) is 19.6 Å². The SMILES string of the molecule is Cc1ccc2nc(CSc3nnc(-c4ccc(F)cc4)c4ccccc34)cc(=O)n2c1. The third-order valence-electron chi connectivity index (χ3n) is 4.99. The normalized spacial score (nSPS) is 11.3. The van der Waals surface area contributed by atoms with Gasteiger partial charge in [0.1, 0.15) is 22.2 Å². The Morgan fingerprint density at radius 1 is 0.968 bits per heavy atom. The largest absolute Gasteiger partial charge is 0.269 e. The van der Waals surface area contributed by atoms with Crippen molar-refractivity contribution in [2.75, 3.05) is 0 Å². The van der Waals surface area contributed by atoms with Crippen LogP contribution in [0.4, 0.5) is 4.39 Å². The lowest BCUT2D eigenvalue weighted by atomic mass is 10.1. The van der Waals surface area contributed by atoms with E-state index in [4.69, 9.17) is 0 Å². The van der Waals surface area contributed by atoms with Crippen molar-refractivity contribution in [3.63, 3.8) is 0 Å². The van der Waals surface area contributed by atoms with E-state index in [1.807, 2.05) is 43.3 Å². The zero-order valence-electron chi connectivity index (χ0n) is 16.6. The van der Waals surface area contributed by atoms with Crippen LogP contribution in [0.25, 0.3) is 27.7 Å². The average molecular weight is 428 g/mol. The average Bonchev–Trinajstić information content (AvgIpc) is 2.78. The predicted molar refractivity (Wildman–Crippen MR) is 121 cm³/mol. The van der Waals surface area contributed by atoms with Crippen LogP contribution >= 0.6 is 11.8 Å². The molecule has 31 heavy (non-hydrogen) atoms. The summed E-state index contributed by atoms with van der Waals surface area (Å²) in [6.07, 6.45) is 1.79. The maximum atomic E-state index is 13.3. The molecule has 0 aliphatic heterocycles. The molecule has 3 heterocycles. The van der Waals surface area contributed by atoms with Gasteiger partial charge in [-0.05, 0) is 42.8 Å². The van der Waals surface area contributed by atoms with E-state index in [0.717, 1.165) is 26.9 Å². The maximum Gasteiger partial charge on any atom is 0.258 e. The second kappa shape index (κ2) is 7.92. The minimum atomic E-state index is -0.290. The topological polar surface area (TPSA) is 60.2 Å². The molecule has 0 bridgehead atoms. The van der Waals surface area contributed by atoms with E-state index in [2.05, 4.69) is 15.2 Å². The molecular weight excluding hydrogens is 411 g/mol. The van der Waals surface area contributed by atoms with Crippen LogP contribution in [0.5, 0.6) is 0 Å². The van der Waals surface area contributed by atoms with Crippen molar-refractivity contribution in [2.24, 2.45) is 0 Å². The van der Waals surface area contributed by atoms with Crippen molar-refractivity contribution in [2.45, 2.75) is 17.7 Å². The van der Waals surface area contributed by atoms with Crippen molar-refractivity contribution in [1.82, 2.24) is 19.6 Å². The van der Waals surface area contributed by atoms with Gasteiger partial charge in [-0.3, -0.25) is 9.20 Å². The first-order chi connectivity index (χ1) is 15.1. The number of fused-ring (bicyclic) bond motifs is 2. The number of pyridine rings is 1. The van der Waals surface area contributed by atoms with Crippen LogP contribution in [0.1, 0.15) is 11.3 Å². The van der Waals surface area contributed by atoms with E-state index < -0.39 is 0 Å². The molecule has 0 spiro atoms.